The zero-order valence-corrected chi connectivity index (χ0v) is 9.86. The van der Waals surface area contributed by atoms with Gasteiger partial charge >= 0.3 is 0 Å². The largest absolute Gasteiger partial charge is 0.302 e. The summed E-state index contributed by atoms with van der Waals surface area (Å²) in [6, 6.07) is 0.524. The zero-order chi connectivity index (χ0) is 10.6. The van der Waals surface area contributed by atoms with Gasteiger partial charge in [0.2, 0.25) is 0 Å². The van der Waals surface area contributed by atoms with Gasteiger partial charge in [-0.1, -0.05) is 24.3 Å². The lowest BCUT2D eigenvalue weighted by Gasteiger charge is -2.57. The summed E-state index contributed by atoms with van der Waals surface area (Å²) in [5, 5.41) is 3.95. The highest BCUT2D eigenvalue weighted by atomic mass is 15.0. The molecule has 1 heteroatoms. The van der Waals surface area contributed by atoms with Crippen LogP contribution in [0.5, 0.6) is 0 Å². The second kappa shape index (κ2) is 3.22. The lowest BCUT2D eigenvalue weighted by Crippen LogP contribution is -2.60. The molecule has 5 aliphatic rings. The smallest absolute Gasteiger partial charge is 0.0445 e. The van der Waals surface area contributed by atoms with E-state index in [9.17, 15) is 0 Å². The van der Waals surface area contributed by atoms with Crippen LogP contribution in [0.1, 0.15) is 38.5 Å². The third-order valence-corrected chi connectivity index (χ3v) is 5.26. The second-order valence-electron chi connectivity index (χ2n) is 6.64. The van der Waals surface area contributed by atoms with Crippen molar-refractivity contribution in [3.05, 3.63) is 24.3 Å². The molecule has 0 aromatic carbocycles. The molecular formula is C15H21N. The van der Waals surface area contributed by atoms with Gasteiger partial charge in [-0.15, -0.1) is 0 Å². The van der Waals surface area contributed by atoms with E-state index in [1.54, 1.807) is 0 Å². The average molecular weight is 215 g/mol. The van der Waals surface area contributed by atoms with Gasteiger partial charge in [0.1, 0.15) is 0 Å². The number of hydrogen-bond donors (Lipinski definition) is 1. The molecule has 0 aromatic rings. The van der Waals surface area contributed by atoms with E-state index in [0.29, 0.717) is 11.6 Å². The Morgan fingerprint density at radius 2 is 1.31 bits per heavy atom. The molecule has 0 radical (unpaired) electrons. The van der Waals surface area contributed by atoms with Gasteiger partial charge in [-0.3, -0.25) is 0 Å². The van der Waals surface area contributed by atoms with Crippen LogP contribution in [-0.2, 0) is 0 Å². The summed E-state index contributed by atoms with van der Waals surface area (Å²) < 4.78 is 0. The van der Waals surface area contributed by atoms with Gasteiger partial charge in [-0.25, -0.2) is 0 Å². The van der Waals surface area contributed by atoms with Gasteiger partial charge in [0.05, 0.1) is 0 Å². The minimum atomic E-state index is 0.512. The van der Waals surface area contributed by atoms with Crippen molar-refractivity contribution in [1.82, 2.24) is 5.32 Å². The molecule has 0 aromatic heterocycles. The van der Waals surface area contributed by atoms with Crippen LogP contribution in [0.15, 0.2) is 24.3 Å². The fourth-order valence-corrected chi connectivity index (χ4v) is 5.17. The van der Waals surface area contributed by atoms with Crippen molar-refractivity contribution in [3.63, 3.8) is 0 Å². The van der Waals surface area contributed by atoms with Crippen molar-refractivity contribution in [3.8, 4) is 0 Å². The Kier molecular flexibility index (Phi) is 1.91. The first-order valence-electron chi connectivity index (χ1n) is 6.94. The SMILES string of the molecule is C1=CC(NC23CC4CC(CC(C4)C2)C3)C=C1. The van der Waals surface area contributed by atoms with Crippen LogP contribution in [0.3, 0.4) is 0 Å². The van der Waals surface area contributed by atoms with Crippen molar-refractivity contribution < 1.29 is 0 Å². The third-order valence-electron chi connectivity index (χ3n) is 5.26. The van der Waals surface area contributed by atoms with Gasteiger partial charge in [0.25, 0.3) is 0 Å². The van der Waals surface area contributed by atoms with Gasteiger partial charge in [-0.05, 0) is 56.3 Å². The molecule has 0 heterocycles. The van der Waals surface area contributed by atoms with Crippen LogP contribution in [0.2, 0.25) is 0 Å². The van der Waals surface area contributed by atoms with E-state index >= 15 is 0 Å². The number of allylic oxidation sites excluding steroid dienone is 2. The molecule has 5 rings (SSSR count). The van der Waals surface area contributed by atoms with E-state index in [4.69, 9.17) is 0 Å². The zero-order valence-electron chi connectivity index (χ0n) is 9.86. The molecule has 1 nitrogen and oxygen atoms in total. The normalized spacial score (nSPS) is 49.4. The quantitative estimate of drug-likeness (QED) is 0.746. The van der Waals surface area contributed by atoms with Crippen LogP contribution in [0.25, 0.3) is 0 Å². The molecule has 86 valence electrons. The summed E-state index contributed by atoms with van der Waals surface area (Å²) >= 11 is 0. The van der Waals surface area contributed by atoms with E-state index in [2.05, 4.69) is 29.6 Å². The molecule has 16 heavy (non-hydrogen) atoms. The Labute approximate surface area is 98.0 Å². The van der Waals surface area contributed by atoms with Crippen molar-refractivity contribution in [2.45, 2.75) is 50.1 Å². The van der Waals surface area contributed by atoms with Crippen LogP contribution in [0.4, 0.5) is 0 Å². The first-order chi connectivity index (χ1) is 7.81. The van der Waals surface area contributed by atoms with Gasteiger partial charge in [-0.2, -0.15) is 0 Å². The first-order valence-corrected chi connectivity index (χ1v) is 6.94. The van der Waals surface area contributed by atoms with Crippen molar-refractivity contribution in [2.75, 3.05) is 0 Å². The molecule has 0 atom stereocenters. The Bertz CT molecular complexity index is 305. The lowest BCUT2D eigenvalue weighted by atomic mass is 9.53. The van der Waals surface area contributed by atoms with Gasteiger partial charge < -0.3 is 5.32 Å². The van der Waals surface area contributed by atoms with Gasteiger partial charge in [0, 0.05) is 11.6 Å². The molecule has 0 spiro atoms. The van der Waals surface area contributed by atoms with E-state index in [-0.39, 0.29) is 0 Å². The fourth-order valence-electron chi connectivity index (χ4n) is 5.17. The Morgan fingerprint density at radius 1 is 0.812 bits per heavy atom. The fraction of sp³-hybridized carbons (Fsp3) is 0.733. The van der Waals surface area contributed by atoms with Crippen LogP contribution < -0.4 is 5.32 Å². The summed E-state index contributed by atoms with van der Waals surface area (Å²) in [6.07, 6.45) is 17.9. The summed E-state index contributed by atoms with van der Waals surface area (Å²) in [4.78, 5) is 0. The second-order valence-corrected chi connectivity index (χ2v) is 6.64. The Morgan fingerprint density at radius 3 is 1.81 bits per heavy atom. The summed E-state index contributed by atoms with van der Waals surface area (Å²) in [5.41, 5.74) is 0.512. The van der Waals surface area contributed by atoms with E-state index in [0.717, 1.165) is 17.8 Å². The number of hydrogen-bond acceptors (Lipinski definition) is 1. The van der Waals surface area contributed by atoms with E-state index in [1.807, 2.05) is 0 Å². The Balaban J connectivity index is 1.57. The third kappa shape index (κ3) is 1.41. The van der Waals surface area contributed by atoms with Crippen LogP contribution in [-0.4, -0.2) is 11.6 Å². The average Bonchev–Trinajstić information content (AvgIpc) is 2.66. The molecule has 0 aliphatic heterocycles. The molecule has 5 aliphatic carbocycles. The summed E-state index contributed by atoms with van der Waals surface area (Å²) in [7, 11) is 0. The summed E-state index contributed by atoms with van der Waals surface area (Å²) in [5.74, 6) is 3.15. The molecule has 0 amide bonds. The topological polar surface area (TPSA) is 12.0 Å². The minimum Gasteiger partial charge on any atom is -0.302 e. The lowest BCUT2D eigenvalue weighted by molar-refractivity contribution is -0.0207. The molecule has 0 unspecified atom stereocenters. The molecule has 4 saturated carbocycles. The van der Waals surface area contributed by atoms with Crippen molar-refractivity contribution in [2.24, 2.45) is 17.8 Å². The molecule has 1 N–H and O–H groups in total. The predicted molar refractivity (Wildman–Crippen MR) is 66.1 cm³/mol. The van der Waals surface area contributed by atoms with Crippen molar-refractivity contribution >= 4 is 0 Å². The monoisotopic (exact) mass is 215 g/mol. The molecule has 0 saturated heterocycles. The summed E-state index contributed by atoms with van der Waals surface area (Å²) in [6.45, 7) is 0. The van der Waals surface area contributed by atoms with E-state index in [1.165, 1.54) is 38.5 Å². The standard InChI is InChI=1S/C15H21N/c1-2-4-14(3-1)16-15-8-11-5-12(9-15)7-13(6-11)10-15/h1-4,11-14,16H,5-10H2. The highest BCUT2D eigenvalue weighted by molar-refractivity contribution is 5.23. The van der Waals surface area contributed by atoms with Crippen molar-refractivity contribution in [1.29, 1.82) is 0 Å². The highest BCUT2D eigenvalue weighted by Crippen LogP contribution is 2.55. The minimum absolute atomic E-state index is 0.512. The van der Waals surface area contributed by atoms with Crippen LogP contribution in [0, 0.1) is 17.8 Å². The number of nitrogens with one attached hydrogen (secondary N) is 1. The van der Waals surface area contributed by atoms with E-state index < -0.39 is 0 Å². The van der Waals surface area contributed by atoms with Gasteiger partial charge in [0.15, 0.2) is 0 Å². The van der Waals surface area contributed by atoms with Crippen LogP contribution >= 0.6 is 0 Å². The number of rotatable bonds is 2. The molecule has 4 bridgehead atoms. The highest BCUT2D eigenvalue weighted by Gasteiger charge is 2.51. The molecular weight excluding hydrogens is 194 g/mol. The maximum Gasteiger partial charge on any atom is 0.0445 e. The predicted octanol–water partition coefficient (Wildman–Crippen LogP) is 3.04. The Hall–Kier alpha value is -0.560. The maximum atomic E-state index is 3.95. The maximum absolute atomic E-state index is 3.95. The first kappa shape index (κ1) is 9.47. The molecule has 4 fully saturated rings.